The van der Waals surface area contributed by atoms with Crippen LogP contribution in [0.5, 0.6) is 11.5 Å². The van der Waals surface area contributed by atoms with Gasteiger partial charge in [-0.05, 0) is 35.6 Å². The zero-order valence-corrected chi connectivity index (χ0v) is 22.4. The monoisotopic (exact) mass is 524 g/mol. The van der Waals surface area contributed by atoms with Crippen molar-refractivity contribution < 1.29 is 23.6 Å². The molecule has 0 saturated carbocycles. The largest absolute Gasteiger partial charge is 0.488 e. The Morgan fingerprint density at radius 3 is 2.13 bits per heavy atom. The van der Waals surface area contributed by atoms with E-state index in [0.29, 0.717) is 49.9 Å². The van der Waals surface area contributed by atoms with Crippen LogP contribution < -0.4 is 9.47 Å². The highest BCUT2D eigenvalue weighted by molar-refractivity contribution is 5.91. The minimum atomic E-state index is 0.178. The Kier molecular flexibility index (Phi) is 8.08. The van der Waals surface area contributed by atoms with Crippen molar-refractivity contribution in [1.82, 2.24) is 10.2 Å². The molecule has 0 unspecified atom stereocenters. The highest BCUT2D eigenvalue weighted by atomic mass is 16.7. The first-order valence-electron chi connectivity index (χ1n) is 13.2. The lowest BCUT2D eigenvalue weighted by atomic mass is 9.96. The van der Waals surface area contributed by atoms with E-state index in [9.17, 15) is 4.79 Å². The fraction of sp³-hybridized carbons (Fsp3) is 0.250. The maximum atomic E-state index is 11.3. The second-order valence-electron chi connectivity index (χ2n) is 9.68. The number of hydroxylamine groups is 2. The lowest BCUT2D eigenvalue weighted by molar-refractivity contribution is -0.0557. The summed E-state index contributed by atoms with van der Waals surface area (Å²) in [6, 6.07) is 25.8. The first-order chi connectivity index (χ1) is 19.1. The summed E-state index contributed by atoms with van der Waals surface area (Å²) in [6.07, 6.45) is 0.671. The van der Waals surface area contributed by atoms with Crippen molar-refractivity contribution in [2.45, 2.75) is 39.9 Å². The van der Waals surface area contributed by atoms with Crippen LogP contribution in [-0.2, 0) is 18.1 Å². The number of benzene rings is 3. The molecule has 0 amide bonds. The second-order valence-corrected chi connectivity index (χ2v) is 9.68. The van der Waals surface area contributed by atoms with Crippen LogP contribution in [-0.4, -0.2) is 29.6 Å². The Hall–Kier alpha value is -4.36. The van der Waals surface area contributed by atoms with E-state index >= 15 is 0 Å². The third-order valence-electron chi connectivity index (χ3n) is 6.58. The van der Waals surface area contributed by atoms with Crippen molar-refractivity contribution in [3.63, 3.8) is 0 Å². The number of nitrogens with zero attached hydrogens (tertiary/aromatic N) is 2. The number of aromatic nitrogens is 1. The number of hydrogen-bond acceptors (Lipinski definition) is 7. The minimum absolute atomic E-state index is 0.178. The van der Waals surface area contributed by atoms with Gasteiger partial charge in [-0.3, -0.25) is 4.79 Å². The van der Waals surface area contributed by atoms with Crippen LogP contribution in [0, 0.1) is 0 Å². The van der Waals surface area contributed by atoms with Gasteiger partial charge in [-0.2, -0.15) is 0 Å². The Morgan fingerprint density at radius 2 is 1.56 bits per heavy atom. The molecule has 0 aliphatic carbocycles. The summed E-state index contributed by atoms with van der Waals surface area (Å²) >= 11 is 0. The third kappa shape index (κ3) is 6.04. The second kappa shape index (κ2) is 12.0. The molecule has 0 N–H and O–H groups in total. The van der Waals surface area contributed by atoms with Gasteiger partial charge in [-0.15, -0.1) is 5.06 Å². The van der Waals surface area contributed by atoms with Gasteiger partial charge in [-0.1, -0.05) is 79.7 Å². The molecular weight excluding hydrogens is 492 g/mol. The van der Waals surface area contributed by atoms with Crippen molar-refractivity contribution >= 4 is 17.6 Å². The van der Waals surface area contributed by atoms with Gasteiger partial charge in [0.1, 0.15) is 30.4 Å². The molecule has 7 nitrogen and oxygen atoms in total. The van der Waals surface area contributed by atoms with Crippen molar-refractivity contribution in [2.24, 2.45) is 0 Å². The van der Waals surface area contributed by atoms with Crippen LogP contribution >= 0.6 is 0 Å². The molecule has 200 valence electrons. The molecule has 2 heterocycles. The van der Waals surface area contributed by atoms with Gasteiger partial charge >= 0.3 is 0 Å². The van der Waals surface area contributed by atoms with Gasteiger partial charge in [0.15, 0.2) is 17.8 Å². The van der Waals surface area contributed by atoms with Crippen molar-refractivity contribution in [3.8, 4) is 11.5 Å². The van der Waals surface area contributed by atoms with Crippen LogP contribution in [0.15, 0.2) is 83.4 Å². The molecule has 39 heavy (non-hydrogen) atoms. The molecule has 5 rings (SSSR count). The average molecular weight is 525 g/mol. The van der Waals surface area contributed by atoms with Gasteiger partial charge in [0.2, 0.25) is 0 Å². The van der Waals surface area contributed by atoms with Gasteiger partial charge in [0, 0.05) is 18.7 Å². The number of likely N-dealkylation sites (N-methyl/N-ethyl adjacent to an activating group) is 1. The number of carbonyl (C=O) groups excluding carboxylic acids is 1. The summed E-state index contributed by atoms with van der Waals surface area (Å²) in [5, 5.41) is 5.70. The quantitative estimate of drug-likeness (QED) is 0.198. The number of ether oxygens (including phenoxy) is 2. The molecule has 3 aromatic carbocycles. The SMILES string of the molecule is CCN1CC(c2cc(C=O)no2)=C(c2cc(C(C)C)c(OCc3ccccc3)cc2OCc2ccccc2)O1. The first-order valence-corrected chi connectivity index (χ1v) is 13.2. The molecule has 0 spiro atoms. The minimum Gasteiger partial charge on any atom is -0.488 e. The van der Waals surface area contributed by atoms with E-state index in [4.69, 9.17) is 18.8 Å². The fourth-order valence-electron chi connectivity index (χ4n) is 4.45. The van der Waals surface area contributed by atoms with Crippen LogP contribution in [0.4, 0.5) is 0 Å². The van der Waals surface area contributed by atoms with Gasteiger partial charge < -0.3 is 18.8 Å². The topological polar surface area (TPSA) is 74.0 Å². The van der Waals surface area contributed by atoms with Crippen LogP contribution in [0.2, 0.25) is 0 Å². The van der Waals surface area contributed by atoms with Crippen LogP contribution in [0.1, 0.15) is 65.2 Å². The number of hydrogen-bond donors (Lipinski definition) is 0. The zero-order chi connectivity index (χ0) is 27.2. The van der Waals surface area contributed by atoms with Crippen LogP contribution in [0.25, 0.3) is 11.3 Å². The molecule has 0 atom stereocenters. The van der Waals surface area contributed by atoms with E-state index in [1.54, 1.807) is 6.07 Å². The molecule has 1 aliphatic rings. The van der Waals surface area contributed by atoms with Crippen molar-refractivity contribution in [3.05, 3.63) is 113 Å². The van der Waals surface area contributed by atoms with Crippen molar-refractivity contribution in [1.29, 1.82) is 0 Å². The van der Waals surface area contributed by atoms with E-state index < -0.39 is 0 Å². The number of carbonyl (C=O) groups is 1. The Balaban J connectivity index is 1.59. The van der Waals surface area contributed by atoms with E-state index in [2.05, 4.69) is 25.1 Å². The lowest BCUT2D eigenvalue weighted by Crippen LogP contribution is -2.18. The average Bonchev–Trinajstić information content (AvgIpc) is 3.63. The van der Waals surface area contributed by atoms with Gasteiger partial charge in [0.05, 0.1) is 17.7 Å². The number of aldehydes is 1. The van der Waals surface area contributed by atoms with E-state index in [1.807, 2.05) is 78.7 Å². The zero-order valence-electron chi connectivity index (χ0n) is 22.4. The molecule has 4 aromatic rings. The Labute approximate surface area is 228 Å². The molecule has 0 bridgehead atoms. The molecular formula is C32H32N2O5. The normalized spacial score (nSPS) is 13.5. The van der Waals surface area contributed by atoms with Gasteiger partial charge in [0.25, 0.3) is 0 Å². The standard InChI is InChI=1S/C32H32N2O5/c1-4-34-18-28(31-15-25(19-35)33-38-31)32(39-34)27-16-26(22(2)3)29(36-20-23-11-7-5-8-12-23)17-30(27)37-21-24-13-9-6-10-14-24/h5-17,19,22H,4,18,20-21H2,1-3H3. The molecule has 1 aliphatic heterocycles. The van der Waals surface area contributed by atoms with E-state index in [1.165, 1.54) is 0 Å². The summed E-state index contributed by atoms with van der Waals surface area (Å²) in [7, 11) is 0. The predicted molar refractivity (Wildman–Crippen MR) is 149 cm³/mol. The summed E-state index contributed by atoms with van der Waals surface area (Å²) in [5.74, 6) is 2.68. The fourth-order valence-corrected chi connectivity index (χ4v) is 4.45. The Morgan fingerprint density at radius 1 is 0.923 bits per heavy atom. The lowest BCUT2D eigenvalue weighted by Gasteiger charge is -2.21. The third-order valence-corrected chi connectivity index (χ3v) is 6.58. The summed E-state index contributed by atoms with van der Waals surface area (Å²) < 4.78 is 18.3. The molecule has 0 radical (unpaired) electrons. The summed E-state index contributed by atoms with van der Waals surface area (Å²) in [5.41, 5.74) is 4.99. The Bertz CT molecular complexity index is 1440. The number of rotatable bonds is 11. The molecule has 1 aromatic heterocycles. The molecule has 0 fully saturated rings. The van der Waals surface area contributed by atoms with Gasteiger partial charge in [-0.25, -0.2) is 0 Å². The summed E-state index contributed by atoms with van der Waals surface area (Å²) in [4.78, 5) is 17.6. The van der Waals surface area contributed by atoms with E-state index in [-0.39, 0.29) is 11.6 Å². The maximum Gasteiger partial charge on any atom is 0.171 e. The first kappa shape index (κ1) is 26.3. The van der Waals surface area contributed by atoms with E-state index in [0.717, 1.165) is 33.6 Å². The highest BCUT2D eigenvalue weighted by Crippen LogP contribution is 2.43. The predicted octanol–water partition coefficient (Wildman–Crippen LogP) is 6.90. The van der Waals surface area contributed by atoms with Crippen LogP contribution in [0.3, 0.4) is 0 Å². The summed E-state index contributed by atoms with van der Waals surface area (Å²) in [6.45, 7) is 8.26. The maximum absolute atomic E-state index is 11.3. The molecule has 7 heteroatoms. The molecule has 0 saturated heterocycles. The highest BCUT2D eigenvalue weighted by Gasteiger charge is 2.31. The van der Waals surface area contributed by atoms with Crippen molar-refractivity contribution in [2.75, 3.05) is 13.1 Å². The smallest absolute Gasteiger partial charge is 0.171 e.